The van der Waals surface area contributed by atoms with E-state index < -0.39 is 27.5 Å². The van der Waals surface area contributed by atoms with Crippen LogP contribution in [0.1, 0.15) is 10.4 Å². The molecule has 1 rings (SSSR count). The molecular formula is C11H13NO5S. The summed E-state index contributed by atoms with van der Waals surface area (Å²) in [4.78, 5) is 23.1. The maximum atomic E-state index is 11.9. The zero-order valence-electron chi connectivity index (χ0n) is 9.95. The quantitative estimate of drug-likeness (QED) is 0.847. The lowest BCUT2D eigenvalue weighted by Crippen LogP contribution is -2.29. The Bertz CT molecular complexity index is 577. The molecule has 0 heterocycles. The summed E-state index contributed by atoms with van der Waals surface area (Å²) in [5.41, 5.74) is -0.131. The first kappa shape index (κ1) is 14.2. The summed E-state index contributed by atoms with van der Waals surface area (Å²) < 4.78 is 23.8. The van der Waals surface area contributed by atoms with Gasteiger partial charge >= 0.3 is 5.97 Å². The highest BCUT2D eigenvalue weighted by molar-refractivity contribution is 7.92. The van der Waals surface area contributed by atoms with Crippen LogP contribution in [0.3, 0.4) is 0 Å². The Hall–Kier alpha value is -1.89. The number of carboxylic acids is 1. The molecule has 1 aromatic carbocycles. The first-order valence-corrected chi connectivity index (χ1v) is 6.65. The average molecular weight is 271 g/mol. The number of nitrogens with zero attached hydrogens (tertiary/aromatic N) is 1. The van der Waals surface area contributed by atoms with Crippen molar-refractivity contribution in [3.63, 3.8) is 0 Å². The number of amides is 1. The van der Waals surface area contributed by atoms with Crippen molar-refractivity contribution in [2.75, 3.05) is 19.8 Å². The lowest BCUT2D eigenvalue weighted by Gasteiger charge is -2.10. The molecule has 0 aliphatic rings. The van der Waals surface area contributed by atoms with Crippen molar-refractivity contribution in [1.29, 1.82) is 0 Å². The highest BCUT2D eigenvalue weighted by Gasteiger charge is 2.21. The van der Waals surface area contributed by atoms with E-state index in [9.17, 15) is 18.0 Å². The van der Waals surface area contributed by atoms with Gasteiger partial charge in [-0.3, -0.25) is 4.79 Å². The van der Waals surface area contributed by atoms with Gasteiger partial charge in [0.25, 0.3) is 0 Å². The molecule has 1 amide bonds. The van der Waals surface area contributed by atoms with Crippen molar-refractivity contribution in [3.8, 4) is 0 Å². The van der Waals surface area contributed by atoms with Gasteiger partial charge in [0.05, 0.1) is 10.5 Å². The largest absolute Gasteiger partial charge is 0.478 e. The van der Waals surface area contributed by atoms with E-state index in [1.165, 1.54) is 37.2 Å². The molecule has 6 nitrogen and oxygen atoms in total. The minimum absolute atomic E-state index is 0.131. The van der Waals surface area contributed by atoms with Gasteiger partial charge in [-0.15, -0.1) is 0 Å². The van der Waals surface area contributed by atoms with Crippen molar-refractivity contribution in [3.05, 3.63) is 29.8 Å². The van der Waals surface area contributed by atoms with E-state index in [-0.39, 0.29) is 10.5 Å². The minimum Gasteiger partial charge on any atom is -0.478 e. The maximum Gasteiger partial charge on any atom is 0.335 e. The van der Waals surface area contributed by atoms with Crippen molar-refractivity contribution < 1.29 is 23.1 Å². The summed E-state index contributed by atoms with van der Waals surface area (Å²) in [6, 6.07) is 4.93. The summed E-state index contributed by atoms with van der Waals surface area (Å²) in [5, 5.41) is 8.78. The number of carboxylic acid groups (broad SMARTS) is 1. The molecule has 0 saturated heterocycles. The summed E-state index contributed by atoms with van der Waals surface area (Å²) in [6.07, 6.45) is 0. The molecule has 18 heavy (non-hydrogen) atoms. The molecule has 0 aliphatic heterocycles. The van der Waals surface area contributed by atoms with E-state index in [1.54, 1.807) is 0 Å². The van der Waals surface area contributed by atoms with Gasteiger partial charge < -0.3 is 10.0 Å². The van der Waals surface area contributed by atoms with Crippen LogP contribution >= 0.6 is 0 Å². The second-order valence-corrected chi connectivity index (χ2v) is 5.87. The Balaban J connectivity index is 3.09. The number of hydrogen-bond acceptors (Lipinski definition) is 4. The first-order chi connectivity index (χ1) is 8.24. The lowest BCUT2D eigenvalue weighted by molar-refractivity contribution is -0.125. The van der Waals surface area contributed by atoms with Crippen LogP contribution < -0.4 is 0 Å². The van der Waals surface area contributed by atoms with Gasteiger partial charge in [0, 0.05) is 14.1 Å². The molecule has 0 aromatic heterocycles. The highest BCUT2D eigenvalue weighted by atomic mass is 32.2. The molecule has 0 spiro atoms. The number of carbonyl (C=O) groups excluding carboxylic acids is 1. The molecular weight excluding hydrogens is 258 g/mol. The number of hydrogen-bond donors (Lipinski definition) is 1. The third-order valence-corrected chi connectivity index (χ3v) is 3.85. The van der Waals surface area contributed by atoms with Gasteiger partial charge in [0.2, 0.25) is 5.91 Å². The van der Waals surface area contributed by atoms with Crippen LogP contribution in [-0.2, 0) is 14.6 Å². The van der Waals surface area contributed by atoms with E-state index in [0.717, 1.165) is 6.07 Å². The third-order valence-electron chi connectivity index (χ3n) is 2.25. The number of aromatic carboxylic acids is 1. The second kappa shape index (κ2) is 5.18. The first-order valence-electron chi connectivity index (χ1n) is 5.00. The Morgan fingerprint density at radius 1 is 1.28 bits per heavy atom. The normalized spacial score (nSPS) is 11.0. The maximum absolute atomic E-state index is 11.9. The molecule has 0 atom stereocenters. The van der Waals surface area contributed by atoms with Crippen LogP contribution in [0.5, 0.6) is 0 Å². The predicted octanol–water partition coefficient (Wildman–Crippen LogP) is 0.247. The molecule has 98 valence electrons. The van der Waals surface area contributed by atoms with Gasteiger partial charge in [-0.2, -0.15) is 0 Å². The molecule has 0 saturated carbocycles. The van der Waals surface area contributed by atoms with Gasteiger partial charge in [0.15, 0.2) is 9.84 Å². The van der Waals surface area contributed by atoms with Crippen LogP contribution in [-0.4, -0.2) is 50.1 Å². The summed E-state index contributed by atoms with van der Waals surface area (Å²) in [6.45, 7) is 0. The van der Waals surface area contributed by atoms with E-state index in [4.69, 9.17) is 5.11 Å². The predicted molar refractivity (Wildman–Crippen MR) is 64.1 cm³/mol. The van der Waals surface area contributed by atoms with E-state index in [2.05, 4.69) is 0 Å². The van der Waals surface area contributed by atoms with E-state index in [1.807, 2.05) is 0 Å². The van der Waals surface area contributed by atoms with Crippen LogP contribution in [0.25, 0.3) is 0 Å². The average Bonchev–Trinajstić information content (AvgIpc) is 2.28. The van der Waals surface area contributed by atoms with Crippen LogP contribution in [0.15, 0.2) is 29.2 Å². The Morgan fingerprint density at radius 2 is 1.89 bits per heavy atom. The summed E-state index contributed by atoms with van der Waals surface area (Å²) >= 11 is 0. The molecule has 0 fully saturated rings. The minimum atomic E-state index is -3.82. The zero-order chi connectivity index (χ0) is 13.9. The van der Waals surface area contributed by atoms with Crippen LogP contribution in [0.4, 0.5) is 0 Å². The number of sulfone groups is 1. The fourth-order valence-corrected chi connectivity index (χ4v) is 2.54. The van der Waals surface area contributed by atoms with Gasteiger partial charge in [-0.05, 0) is 18.2 Å². The second-order valence-electron chi connectivity index (χ2n) is 3.88. The molecule has 7 heteroatoms. The monoisotopic (exact) mass is 271 g/mol. The highest BCUT2D eigenvalue weighted by Crippen LogP contribution is 2.13. The molecule has 0 bridgehead atoms. The zero-order valence-corrected chi connectivity index (χ0v) is 10.8. The van der Waals surface area contributed by atoms with E-state index >= 15 is 0 Å². The van der Waals surface area contributed by atoms with Crippen molar-refractivity contribution in [2.45, 2.75) is 4.90 Å². The van der Waals surface area contributed by atoms with Crippen molar-refractivity contribution in [1.82, 2.24) is 4.90 Å². The van der Waals surface area contributed by atoms with Crippen LogP contribution in [0.2, 0.25) is 0 Å². The standard InChI is InChI=1S/C11H13NO5S/c1-12(2)10(13)7-18(16,17)9-5-3-4-8(6-9)11(14)15/h3-6H,7H2,1-2H3,(H,14,15). The van der Waals surface area contributed by atoms with Gasteiger partial charge in [-0.1, -0.05) is 6.07 Å². The third kappa shape index (κ3) is 3.30. The van der Waals surface area contributed by atoms with E-state index in [0.29, 0.717) is 0 Å². The molecule has 1 N–H and O–H groups in total. The number of carbonyl (C=O) groups is 2. The number of rotatable bonds is 4. The SMILES string of the molecule is CN(C)C(=O)CS(=O)(=O)c1cccc(C(=O)O)c1. The summed E-state index contributed by atoms with van der Waals surface area (Å²) in [5.74, 6) is -2.45. The summed E-state index contributed by atoms with van der Waals surface area (Å²) in [7, 11) is -0.915. The Kier molecular flexibility index (Phi) is 4.07. The molecule has 0 aliphatic carbocycles. The molecule has 0 radical (unpaired) electrons. The Morgan fingerprint density at radius 3 is 2.39 bits per heavy atom. The number of benzene rings is 1. The molecule has 0 unspecified atom stereocenters. The Labute approximate surface area is 105 Å². The fourth-order valence-electron chi connectivity index (χ4n) is 1.20. The lowest BCUT2D eigenvalue weighted by atomic mass is 10.2. The van der Waals surface area contributed by atoms with Gasteiger partial charge in [-0.25, -0.2) is 13.2 Å². The topological polar surface area (TPSA) is 91.8 Å². The fraction of sp³-hybridized carbons (Fsp3) is 0.273. The van der Waals surface area contributed by atoms with Crippen molar-refractivity contribution in [2.24, 2.45) is 0 Å². The van der Waals surface area contributed by atoms with Gasteiger partial charge in [0.1, 0.15) is 5.75 Å². The van der Waals surface area contributed by atoms with Crippen LogP contribution in [0, 0.1) is 0 Å². The van der Waals surface area contributed by atoms with Crippen molar-refractivity contribution >= 4 is 21.7 Å². The smallest absolute Gasteiger partial charge is 0.335 e. The molecule has 1 aromatic rings.